The number of carbonyl (C=O) groups excluding carboxylic acids is 2. The molecule has 2 aliphatic heterocycles. The van der Waals surface area contributed by atoms with Crippen molar-refractivity contribution in [3.8, 4) is 0 Å². The number of nitrogens with one attached hydrogen (secondary N) is 2. The van der Waals surface area contributed by atoms with Crippen LogP contribution in [0.2, 0.25) is 0 Å². The highest BCUT2D eigenvalue weighted by atomic mass is 19.4. The first-order chi connectivity index (χ1) is 17.6. The first-order valence-electron chi connectivity index (χ1n) is 13.4. The van der Waals surface area contributed by atoms with Crippen LogP contribution in [0.25, 0.3) is 0 Å². The summed E-state index contributed by atoms with van der Waals surface area (Å²) in [4.78, 5) is 30.9. The Morgan fingerprint density at radius 1 is 1.16 bits per heavy atom. The summed E-state index contributed by atoms with van der Waals surface area (Å²) >= 11 is 0. The molecule has 2 saturated heterocycles. The number of aliphatic imine (C=N–C) groups is 1. The standard InChI is InChI=1S/C25H36N4O.C2HF3O2/c1-19-16-25(14-15-28(19)17-20-8-4-2-5-9-20)23(26-22-10-6-3-7-11-22)27-24(30)29(25)18-21-12-13-21;3-2(4,5)1(6)7/h2,4-5,8-9,19,21-22H,3,6-7,10-18H2,1H3,(H,26,27,30);(H,6,7)/t19-,25+;/m0./s1. The lowest BCUT2D eigenvalue weighted by Gasteiger charge is -2.45. The number of rotatable bonds is 5. The van der Waals surface area contributed by atoms with Gasteiger partial charge in [0.1, 0.15) is 23.9 Å². The van der Waals surface area contributed by atoms with Crippen molar-refractivity contribution in [3.05, 3.63) is 35.9 Å². The van der Waals surface area contributed by atoms with Crippen LogP contribution >= 0.6 is 0 Å². The van der Waals surface area contributed by atoms with Gasteiger partial charge in [-0.05, 0) is 38.5 Å². The van der Waals surface area contributed by atoms with Gasteiger partial charge in [-0.15, -0.1) is 0 Å². The number of likely N-dealkylation sites (tertiary alicyclic amines) is 1. The molecule has 5 rings (SSSR count). The molecule has 2 N–H and O–H groups in total. The molecule has 3 atom stereocenters. The minimum absolute atomic E-state index is 0.107. The minimum Gasteiger partial charge on any atom is -0.542 e. The number of quaternary nitrogens is 1. The number of urea groups is 1. The van der Waals surface area contributed by atoms with Crippen LogP contribution in [0, 0.1) is 5.92 Å². The van der Waals surface area contributed by atoms with E-state index >= 15 is 0 Å². The molecule has 2 saturated carbocycles. The van der Waals surface area contributed by atoms with E-state index in [0.717, 1.165) is 38.3 Å². The summed E-state index contributed by atoms with van der Waals surface area (Å²) in [6, 6.07) is 11.8. The molecule has 0 bridgehead atoms. The van der Waals surface area contributed by atoms with Gasteiger partial charge >= 0.3 is 12.2 Å². The molecule has 1 spiro atoms. The Balaban J connectivity index is 0.000000405. The van der Waals surface area contributed by atoms with Crippen molar-refractivity contribution in [2.24, 2.45) is 10.9 Å². The van der Waals surface area contributed by atoms with E-state index < -0.39 is 12.1 Å². The first kappa shape index (κ1) is 27.4. The number of benzene rings is 1. The lowest BCUT2D eigenvalue weighted by Crippen LogP contribution is -3.16. The molecule has 37 heavy (non-hydrogen) atoms. The van der Waals surface area contributed by atoms with Gasteiger partial charge in [0.2, 0.25) is 0 Å². The predicted molar refractivity (Wildman–Crippen MR) is 131 cm³/mol. The van der Waals surface area contributed by atoms with Crippen molar-refractivity contribution in [1.82, 2.24) is 10.2 Å². The number of carboxylic acids is 1. The number of amides is 2. The molecule has 4 fully saturated rings. The van der Waals surface area contributed by atoms with Crippen LogP contribution < -0.4 is 15.3 Å². The van der Waals surface area contributed by atoms with Gasteiger partial charge in [-0.2, -0.15) is 13.2 Å². The lowest BCUT2D eigenvalue weighted by atomic mass is 9.81. The number of carbonyl (C=O) groups is 2. The molecular weight excluding hydrogens is 485 g/mol. The van der Waals surface area contributed by atoms with Gasteiger partial charge in [-0.3, -0.25) is 10.3 Å². The number of aliphatic carboxylic acids is 1. The molecule has 2 heterocycles. The van der Waals surface area contributed by atoms with Gasteiger partial charge < -0.3 is 19.7 Å². The zero-order chi connectivity index (χ0) is 26.6. The van der Waals surface area contributed by atoms with Gasteiger partial charge in [0.15, 0.2) is 0 Å². The molecule has 2 aliphatic carbocycles. The van der Waals surface area contributed by atoms with Crippen LogP contribution in [-0.2, 0) is 11.3 Å². The zero-order valence-corrected chi connectivity index (χ0v) is 21.4. The predicted octanol–water partition coefficient (Wildman–Crippen LogP) is 2.46. The summed E-state index contributed by atoms with van der Waals surface area (Å²) in [5.41, 5.74) is 1.21. The fraction of sp³-hybridized carbons (Fsp3) is 0.667. The number of amidine groups is 1. The average molecular weight is 523 g/mol. The fourth-order valence-corrected chi connectivity index (χ4v) is 5.92. The molecule has 4 aliphatic rings. The van der Waals surface area contributed by atoms with E-state index in [4.69, 9.17) is 14.9 Å². The molecule has 204 valence electrons. The second-order valence-corrected chi connectivity index (χ2v) is 11.0. The quantitative estimate of drug-likeness (QED) is 0.623. The van der Waals surface area contributed by atoms with Gasteiger partial charge in [0.25, 0.3) is 0 Å². The molecule has 0 radical (unpaired) electrons. The minimum atomic E-state index is -5.19. The third-order valence-electron chi connectivity index (χ3n) is 8.16. The Bertz CT molecular complexity index is 977. The van der Waals surface area contributed by atoms with E-state index in [0.29, 0.717) is 18.0 Å². The molecule has 1 aromatic rings. The first-order valence-corrected chi connectivity index (χ1v) is 13.4. The van der Waals surface area contributed by atoms with Gasteiger partial charge in [0, 0.05) is 24.9 Å². The van der Waals surface area contributed by atoms with E-state index in [9.17, 15) is 18.0 Å². The van der Waals surface area contributed by atoms with Crippen LogP contribution in [0.1, 0.15) is 70.3 Å². The SMILES string of the molecule is C[C@H]1C[C@]2(CC[NH+]1Cc1ccccc1)C(=NC1CCCCC1)NC(=O)N2CC1CC1.O=C([O-])C(F)(F)F. The summed E-state index contributed by atoms with van der Waals surface area (Å²) in [7, 11) is 0. The topological polar surface area (TPSA) is 89.3 Å². The van der Waals surface area contributed by atoms with Crippen molar-refractivity contribution >= 4 is 17.8 Å². The highest BCUT2D eigenvalue weighted by molar-refractivity contribution is 6.10. The lowest BCUT2D eigenvalue weighted by molar-refractivity contribution is -0.943. The fourth-order valence-electron chi connectivity index (χ4n) is 5.92. The van der Waals surface area contributed by atoms with Crippen LogP contribution in [0.5, 0.6) is 0 Å². The van der Waals surface area contributed by atoms with Crippen LogP contribution in [0.4, 0.5) is 18.0 Å². The van der Waals surface area contributed by atoms with Crippen molar-refractivity contribution in [3.63, 3.8) is 0 Å². The van der Waals surface area contributed by atoms with E-state index in [2.05, 4.69) is 47.5 Å². The number of halogens is 3. The third kappa shape index (κ3) is 6.83. The zero-order valence-electron chi connectivity index (χ0n) is 21.4. The maximum atomic E-state index is 13.1. The number of alkyl halides is 3. The Hall–Kier alpha value is -2.62. The summed E-state index contributed by atoms with van der Waals surface area (Å²) in [5.74, 6) is -1.30. The van der Waals surface area contributed by atoms with Crippen LogP contribution in [-0.4, -0.2) is 59.6 Å². The largest absolute Gasteiger partial charge is 0.542 e. The Kier molecular flexibility index (Phi) is 8.46. The summed E-state index contributed by atoms with van der Waals surface area (Å²) in [5, 5.41) is 12.0. The Morgan fingerprint density at radius 2 is 1.81 bits per heavy atom. The maximum Gasteiger partial charge on any atom is 0.430 e. The summed E-state index contributed by atoms with van der Waals surface area (Å²) < 4.78 is 31.5. The van der Waals surface area contributed by atoms with E-state index in [1.807, 2.05) is 0 Å². The van der Waals surface area contributed by atoms with Gasteiger partial charge in [-0.25, -0.2) is 4.79 Å². The highest BCUT2D eigenvalue weighted by Crippen LogP contribution is 2.39. The highest BCUT2D eigenvalue weighted by Gasteiger charge is 2.56. The summed E-state index contributed by atoms with van der Waals surface area (Å²) in [6.07, 6.45) is 5.65. The van der Waals surface area contributed by atoms with Gasteiger partial charge in [-0.1, -0.05) is 49.6 Å². The number of carboxylic acid groups (broad SMARTS) is 1. The molecule has 1 unspecified atom stereocenters. The molecule has 0 aromatic heterocycles. The number of hydrogen-bond donors (Lipinski definition) is 2. The Morgan fingerprint density at radius 3 is 2.38 bits per heavy atom. The van der Waals surface area contributed by atoms with Crippen molar-refractivity contribution in [2.75, 3.05) is 13.1 Å². The molecule has 1 aromatic carbocycles. The van der Waals surface area contributed by atoms with E-state index in [1.54, 1.807) is 4.90 Å². The normalized spacial score (nSPS) is 29.7. The third-order valence-corrected chi connectivity index (χ3v) is 8.16. The Labute approximate surface area is 216 Å². The number of piperidine rings is 1. The van der Waals surface area contributed by atoms with E-state index in [1.165, 1.54) is 50.5 Å². The number of hydrogen-bond acceptors (Lipinski definition) is 4. The average Bonchev–Trinajstić information content (AvgIpc) is 3.65. The van der Waals surface area contributed by atoms with Crippen molar-refractivity contribution in [1.29, 1.82) is 0 Å². The van der Waals surface area contributed by atoms with Crippen molar-refractivity contribution < 1.29 is 32.8 Å². The second-order valence-electron chi connectivity index (χ2n) is 11.0. The molecular formula is C27H37F3N4O3. The summed E-state index contributed by atoms with van der Waals surface area (Å²) in [6.45, 7) is 5.44. The van der Waals surface area contributed by atoms with Crippen LogP contribution in [0.3, 0.4) is 0 Å². The smallest absolute Gasteiger partial charge is 0.430 e. The molecule has 2 amide bonds. The molecule has 7 nitrogen and oxygen atoms in total. The monoisotopic (exact) mass is 522 g/mol. The van der Waals surface area contributed by atoms with Crippen molar-refractivity contribution in [2.45, 2.75) is 95.1 Å². The van der Waals surface area contributed by atoms with Crippen LogP contribution in [0.15, 0.2) is 35.3 Å². The van der Waals surface area contributed by atoms with Gasteiger partial charge in [0.05, 0.1) is 18.6 Å². The maximum absolute atomic E-state index is 13.1. The van der Waals surface area contributed by atoms with E-state index in [-0.39, 0.29) is 11.6 Å². The number of nitrogens with zero attached hydrogens (tertiary/aromatic N) is 2. The molecule has 10 heteroatoms. The second kappa shape index (κ2) is 11.4.